The summed E-state index contributed by atoms with van der Waals surface area (Å²) in [6, 6.07) is 0. The molecule has 0 fully saturated rings. The first-order valence-corrected chi connectivity index (χ1v) is 8.69. The highest BCUT2D eigenvalue weighted by Crippen LogP contribution is 2.37. The molecule has 1 nitrogen and oxygen atoms in total. The summed E-state index contributed by atoms with van der Waals surface area (Å²) in [6.07, 6.45) is 3.09. The quantitative estimate of drug-likeness (QED) is 0.533. The second-order valence-corrected chi connectivity index (χ2v) is 10.9. The predicted molar refractivity (Wildman–Crippen MR) is 67.4 cm³/mol. The molecular formula is C12H26OSi. The van der Waals surface area contributed by atoms with Gasteiger partial charge in [0.25, 0.3) is 0 Å². The summed E-state index contributed by atoms with van der Waals surface area (Å²) in [4.78, 5) is 0. The van der Waals surface area contributed by atoms with Gasteiger partial charge in [0.15, 0.2) is 0 Å². The van der Waals surface area contributed by atoms with Crippen LogP contribution >= 0.6 is 0 Å². The molecule has 0 heterocycles. The van der Waals surface area contributed by atoms with Gasteiger partial charge in [-0.1, -0.05) is 52.9 Å². The molecule has 0 unspecified atom stereocenters. The van der Waals surface area contributed by atoms with E-state index in [0.29, 0.717) is 10.8 Å². The summed E-state index contributed by atoms with van der Waals surface area (Å²) in [5.74, 6) is 0.610. The number of rotatable bonds is 4. The molecule has 1 N–H and O–H groups in total. The lowest BCUT2D eigenvalue weighted by Gasteiger charge is -2.34. The van der Waals surface area contributed by atoms with Gasteiger partial charge in [0.05, 0.1) is 13.8 Å². The zero-order chi connectivity index (χ0) is 11.4. The van der Waals surface area contributed by atoms with E-state index in [-0.39, 0.29) is 0 Å². The molecule has 0 aliphatic heterocycles. The van der Waals surface area contributed by atoms with E-state index in [9.17, 15) is 5.11 Å². The first kappa shape index (κ1) is 13.8. The number of allylic oxidation sites excluding steroid dienone is 1. The van der Waals surface area contributed by atoms with E-state index < -0.39 is 8.07 Å². The average Bonchev–Trinajstić information content (AvgIpc) is 1.97. The van der Waals surface area contributed by atoms with Gasteiger partial charge in [0, 0.05) is 6.42 Å². The molecule has 2 heteroatoms. The van der Waals surface area contributed by atoms with Crippen molar-refractivity contribution >= 4 is 8.07 Å². The Labute approximate surface area is 90.2 Å². The molecular weight excluding hydrogens is 188 g/mol. The van der Waals surface area contributed by atoms with Crippen molar-refractivity contribution in [3.8, 4) is 0 Å². The van der Waals surface area contributed by atoms with Crippen molar-refractivity contribution in [2.24, 2.45) is 0 Å². The lowest BCUT2D eigenvalue weighted by atomic mass is 10.2. The summed E-state index contributed by atoms with van der Waals surface area (Å²) in [6.45, 7) is 13.6. The monoisotopic (exact) mass is 214 g/mol. The van der Waals surface area contributed by atoms with Crippen LogP contribution in [0.15, 0.2) is 11.5 Å². The number of hydrogen-bond acceptors (Lipinski definition) is 1. The first-order chi connectivity index (χ1) is 6.20. The van der Waals surface area contributed by atoms with Gasteiger partial charge in [-0.05, 0) is 11.5 Å². The van der Waals surface area contributed by atoms with Gasteiger partial charge >= 0.3 is 0 Å². The van der Waals surface area contributed by atoms with E-state index in [1.807, 2.05) is 0 Å². The predicted octanol–water partition coefficient (Wildman–Crippen LogP) is 4.67. The largest absolute Gasteiger partial charge is 0.513 e. The first-order valence-electron chi connectivity index (χ1n) is 5.61. The van der Waals surface area contributed by atoms with Gasteiger partial charge in [0.2, 0.25) is 0 Å². The van der Waals surface area contributed by atoms with Crippen LogP contribution in [0.3, 0.4) is 0 Å². The molecule has 0 saturated heterocycles. The maximum atomic E-state index is 9.78. The topological polar surface area (TPSA) is 20.2 Å². The summed E-state index contributed by atoms with van der Waals surface area (Å²) < 4.78 is 0. The van der Waals surface area contributed by atoms with Crippen LogP contribution < -0.4 is 0 Å². The highest BCUT2D eigenvalue weighted by Gasteiger charge is 2.33. The van der Waals surface area contributed by atoms with Crippen molar-refractivity contribution in [2.75, 3.05) is 0 Å². The third kappa shape index (κ3) is 4.31. The Balaban J connectivity index is 4.46. The molecule has 0 atom stereocenters. The summed E-state index contributed by atoms with van der Waals surface area (Å²) in [7, 11) is -1.43. The number of hydrogen-bond donors (Lipinski definition) is 1. The second-order valence-electron chi connectivity index (χ2n) is 5.71. The minimum atomic E-state index is -1.43. The Bertz CT molecular complexity index is 199. The highest BCUT2D eigenvalue weighted by molar-refractivity contribution is 6.84. The van der Waals surface area contributed by atoms with Crippen LogP contribution in [0.2, 0.25) is 18.1 Å². The fourth-order valence-corrected chi connectivity index (χ4v) is 2.47. The standard InChI is InChI=1S/C12H26OSi/c1-7-8-9-11(13)10-14(5,6)12(2,3)4/h10,13H,7-9H2,1-6H3/b11-10-. The molecule has 0 spiro atoms. The fraction of sp³-hybridized carbons (Fsp3) is 0.833. The molecule has 0 aromatic rings. The van der Waals surface area contributed by atoms with E-state index in [2.05, 4.69) is 46.5 Å². The van der Waals surface area contributed by atoms with Crippen molar-refractivity contribution in [1.82, 2.24) is 0 Å². The second kappa shape index (κ2) is 5.01. The molecule has 0 aromatic carbocycles. The van der Waals surface area contributed by atoms with Crippen LogP contribution in [0.5, 0.6) is 0 Å². The van der Waals surface area contributed by atoms with Crippen LogP contribution in [0.1, 0.15) is 47.0 Å². The van der Waals surface area contributed by atoms with Gasteiger partial charge in [-0.25, -0.2) is 0 Å². The van der Waals surface area contributed by atoms with Crippen LogP contribution in [-0.2, 0) is 0 Å². The molecule has 0 saturated carbocycles. The zero-order valence-electron chi connectivity index (χ0n) is 10.6. The molecule has 0 aromatic heterocycles. The molecule has 0 aliphatic carbocycles. The van der Waals surface area contributed by atoms with Gasteiger partial charge < -0.3 is 5.11 Å². The SMILES string of the molecule is CCCC/C(O)=C/[Si](C)(C)C(C)(C)C. The maximum absolute atomic E-state index is 9.78. The van der Waals surface area contributed by atoms with Gasteiger partial charge in [-0.15, -0.1) is 0 Å². The summed E-state index contributed by atoms with van der Waals surface area (Å²) >= 11 is 0. The molecule has 0 amide bonds. The van der Waals surface area contributed by atoms with E-state index in [0.717, 1.165) is 19.3 Å². The Kier molecular flexibility index (Phi) is 4.92. The van der Waals surface area contributed by atoms with E-state index in [1.54, 1.807) is 0 Å². The Hall–Kier alpha value is -0.243. The number of unbranched alkanes of at least 4 members (excludes halogenated alkanes) is 1. The van der Waals surface area contributed by atoms with Crippen LogP contribution in [0.4, 0.5) is 0 Å². The molecule has 14 heavy (non-hydrogen) atoms. The molecule has 84 valence electrons. The van der Waals surface area contributed by atoms with Gasteiger partial charge in [-0.2, -0.15) is 0 Å². The van der Waals surface area contributed by atoms with Crippen molar-refractivity contribution in [2.45, 2.75) is 65.1 Å². The maximum Gasteiger partial charge on any atom is 0.0845 e. The minimum Gasteiger partial charge on any atom is -0.513 e. The van der Waals surface area contributed by atoms with Crippen LogP contribution in [-0.4, -0.2) is 13.2 Å². The van der Waals surface area contributed by atoms with E-state index in [1.165, 1.54) is 0 Å². The Morgan fingerprint density at radius 3 is 2.14 bits per heavy atom. The van der Waals surface area contributed by atoms with Crippen molar-refractivity contribution in [1.29, 1.82) is 0 Å². The van der Waals surface area contributed by atoms with Gasteiger partial charge in [-0.3, -0.25) is 0 Å². The summed E-state index contributed by atoms with van der Waals surface area (Å²) in [5.41, 5.74) is 2.16. The summed E-state index contributed by atoms with van der Waals surface area (Å²) in [5, 5.41) is 10.1. The van der Waals surface area contributed by atoms with Crippen molar-refractivity contribution in [3.63, 3.8) is 0 Å². The Morgan fingerprint density at radius 2 is 1.79 bits per heavy atom. The van der Waals surface area contributed by atoms with E-state index in [4.69, 9.17) is 0 Å². The van der Waals surface area contributed by atoms with Gasteiger partial charge in [0.1, 0.15) is 0 Å². The normalized spacial score (nSPS) is 14.6. The zero-order valence-corrected chi connectivity index (χ0v) is 11.6. The van der Waals surface area contributed by atoms with E-state index >= 15 is 0 Å². The lowest BCUT2D eigenvalue weighted by molar-refractivity contribution is 0.384. The van der Waals surface area contributed by atoms with Crippen molar-refractivity contribution in [3.05, 3.63) is 11.5 Å². The number of aliphatic hydroxyl groups is 1. The molecule has 0 aliphatic rings. The lowest BCUT2D eigenvalue weighted by Crippen LogP contribution is -2.35. The third-order valence-corrected chi connectivity index (χ3v) is 8.17. The molecule has 0 radical (unpaired) electrons. The molecule has 0 bridgehead atoms. The van der Waals surface area contributed by atoms with Crippen LogP contribution in [0.25, 0.3) is 0 Å². The minimum absolute atomic E-state index is 0.327. The Morgan fingerprint density at radius 1 is 1.29 bits per heavy atom. The third-order valence-electron chi connectivity index (χ3n) is 3.25. The molecule has 0 rings (SSSR count). The van der Waals surface area contributed by atoms with Crippen LogP contribution in [0, 0.1) is 0 Å². The van der Waals surface area contributed by atoms with Crippen molar-refractivity contribution < 1.29 is 5.11 Å². The highest BCUT2D eigenvalue weighted by atomic mass is 28.3. The fourth-order valence-electron chi connectivity index (χ4n) is 1.06. The number of aliphatic hydroxyl groups excluding tert-OH is 1. The average molecular weight is 214 g/mol. The smallest absolute Gasteiger partial charge is 0.0845 e.